The summed E-state index contributed by atoms with van der Waals surface area (Å²) in [6.07, 6.45) is 11.4. The lowest BCUT2D eigenvalue weighted by atomic mass is 9.44. The van der Waals surface area contributed by atoms with Crippen molar-refractivity contribution in [2.45, 2.75) is 90.6 Å². The van der Waals surface area contributed by atoms with Crippen LogP contribution in [0.4, 0.5) is 0 Å². The van der Waals surface area contributed by atoms with Gasteiger partial charge in [0.25, 0.3) is 0 Å². The monoisotopic (exact) mass is 404 g/mol. The van der Waals surface area contributed by atoms with Crippen molar-refractivity contribution >= 4 is 5.91 Å². The molecule has 4 fully saturated rings. The van der Waals surface area contributed by atoms with E-state index in [1.165, 1.54) is 51.4 Å². The molecule has 9 unspecified atom stereocenters. The van der Waals surface area contributed by atoms with E-state index in [9.17, 15) is 9.90 Å². The average molecular weight is 405 g/mol. The predicted octanol–water partition coefficient (Wildman–Crippen LogP) is 4.07. The maximum atomic E-state index is 11.6. The minimum absolute atomic E-state index is 0.129. The van der Waals surface area contributed by atoms with Crippen molar-refractivity contribution in [3.05, 3.63) is 0 Å². The van der Waals surface area contributed by atoms with E-state index < -0.39 is 0 Å². The second-order valence-corrected chi connectivity index (χ2v) is 11.6. The molecule has 9 atom stereocenters. The fraction of sp³-hybridized carbons (Fsp3) is 0.960. The minimum atomic E-state index is 0.129. The van der Waals surface area contributed by atoms with E-state index in [1.54, 1.807) is 6.92 Å². The lowest BCUT2D eigenvalue weighted by Gasteiger charge is -2.61. The summed E-state index contributed by atoms with van der Waals surface area (Å²) in [5.41, 5.74) is 0.589. The minimum Gasteiger partial charge on any atom is -0.396 e. The second-order valence-electron chi connectivity index (χ2n) is 11.6. The zero-order chi connectivity index (χ0) is 21.0. The van der Waals surface area contributed by atoms with Crippen molar-refractivity contribution in [2.75, 3.05) is 20.7 Å². The van der Waals surface area contributed by atoms with Crippen LogP contribution in [0.3, 0.4) is 0 Å². The van der Waals surface area contributed by atoms with Gasteiger partial charge in [-0.1, -0.05) is 6.92 Å². The van der Waals surface area contributed by atoms with Crippen molar-refractivity contribution in [1.82, 2.24) is 10.2 Å². The second kappa shape index (κ2) is 7.82. The van der Waals surface area contributed by atoms with Crippen molar-refractivity contribution in [1.29, 1.82) is 0 Å². The summed E-state index contributed by atoms with van der Waals surface area (Å²) in [6, 6.07) is 0.933. The van der Waals surface area contributed by atoms with Crippen molar-refractivity contribution in [3.8, 4) is 0 Å². The Labute approximate surface area is 178 Å². The molecule has 0 spiro atoms. The van der Waals surface area contributed by atoms with Gasteiger partial charge in [-0.05, 0) is 114 Å². The van der Waals surface area contributed by atoms with Crippen LogP contribution in [-0.2, 0) is 4.79 Å². The molecule has 4 aliphatic carbocycles. The van der Waals surface area contributed by atoms with Crippen LogP contribution in [0.5, 0.6) is 0 Å². The molecule has 1 amide bonds. The van der Waals surface area contributed by atoms with Gasteiger partial charge in [0, 0.05) is 31.0 Å². The van der Waals surface area contributed by atoms with Crippen LogP contribution in [-0.4, -0.2) is 48.7 Å². The first-order valence-electron chi connectivity index (χ1n) is 12.3. The van der Waals surface area contributed by atoms with Gasteiger partial charge in [0.1, 0.15) is 0 Å². The Bertz CT molecular complexity index is 622. The Kier molecular flexibility index (Phi) is 5.83. The van der Waals surface area contributed by atoms with Gasteiger partial charge >= 0.3 is 0 Å². The van der Waals surface area contributed by atoms with Crippen LogP contribution in [0.15, 0.2) is 0 Å². The molecule has 4 nitrogen and oxygen atoms in total. The molecule has 0 aromatic heterocycles. The Morgan fingerprint density at radius 2 is 1.86 bits per heavy atom. The zero-order valence-corrected chi connectivity index (χ0v) is 19.4. The summed E-state index contributed by atoms with van der Waals surface area (Å²) in [5, 5.41) is 13.9. The number of amides is 1. The molecule has 4 heteroatoms. The molecule has 0 aromatic carbocycles. The summed E-state index contributed by atoms with van der Waals surface area (Å²) < 4.78 is 0. The average Bonchev–Trinajstić information content (AvgIpc) is 3.07. The number of rotatable bonds is 4. The molecule has 4 aliphatic rings. The Morgan fingerprint density at radius 3 is 2.52 bits per heavy atom. The van der Waals surface area contributed by atoms with Gasteiger partial charge in [0.2, 0.25) is 5.91 Å². The number of fused-ring (bicyclic) bond motifs is 5. The van der Waals surface area contributed by atoms with Gasteiger partial charge in [-0.3, -0.25) is 4.79 Å². The smallest absolute Gasteiger partial charge is 0.217 e. The number of aliphatic hydroxyl groups is 1. The number of nitrogens with one attached hydrogen (secondary N) is 1. The molecule has 29 heavy (non-hydrogen) atoms. The molecular formula is C25H44N2O2. The molecule has 0 heterocycles. The number of hydrogen-bond acceptors (Lipinski definition) is 3. The van der Waals surface area contributed by atoms with Gasteiger partial charge in [-0.2, -0.15) is 0 Å². The van der Waals surface area contributed by atoms with Crippen molar-refractivity contribution < 1.29 is 9.90 Å². The van der Waals surface area contributed by atoms with Gasteiger partial charge < -0.3 is 15.3 Å². The molecule has 166 valence electrons. The first-order valence-corrected chi connectivity index (χ1v) is 12.3. The van der Waals surface area contributed by atoms with E-state index >= 15 is 0 Å². The summed E-state index contributed by atoms with van der Waals surface area (Å²) in [5.74, 6) is 3.85. The van der Waals surface area contributed by atoms with Crippen LogP contribution in [0, 0.1) is 40.4 Å². The summed E-state index contributed by atoms with van der Waals surface area (Å²) in [7, 11) is 4.41. The standard InChI is InChI=1S/C25H44N2O2/c1-16(27(4)5)21-8-9-23-20-7-6-18-14-19(26-17(2)29)10-12-24(18,3)22(20)11-13-25(21,23)15-28/h16,18-23,28H,6-15H2,1-5H3,(H,26,29). The van der Waals surface area contributed by atoms with Crippen molar-refractivity contribution in [2.24, 2.45) is 40.4 Å². The number of carbonyl (C=O) groups excluding carboxylic acids is 1. The molecule has 0 saturated heterocycles. The van der Waals surface area contributed by atoms with E-state index in [1.807, 2.05) is 0 Å². The number of aliphatic hydroxyl groups excluding tert-OH is 1. The van der Waals surface area contributed by atoms with Crippen LogP contribution in [0.2, 0.25) is 0 Å². The predicted molar refractivity (Wildman–Crippen MR) is 117 cm³/mol. The molecule has 0 bridgehead atoms. The third-order valence-corrected chi connectivity index (χ3v) is 10.5. The van der Waals surface area contributed by atoms with E-state index in [0.717, 1.165) is 24.2 Å². The first-order chi connectivity index (χ1) is 13.7. The molecular weight excluding hydrogens is 360 g/mol. The van der Waals surface area contributed by atoms with Crippen molar-refractivity contribution in [3.63, 3.8) is 0 Å². The van der Waals surface area contributed by atoms with Gasteiger partial charge in [0.05, 0.1) is 0 Å². The molecule has 4 saturated carbocycles. The third-order valence-electron chi connectivity index (χ3n) is 10.5. The van der Waals surface area contributed by atoms with Gasteiger partial charge in [-0.15, -0.1) is 0 Å². The summed E-state index contributed by atoms with van der Waals surface area (Å²) >= 11 is 0. The molecule has 4 rings (SSSR count). The highest BCUT2D eigenvalue weighted by atomic mass is 16.3. The number of nitrogens with zero attached hydrogens (tertiary/aromatic N) is 1. The van der Waals surface area contributed by atoms with Crippen LogP contribution in [0.25, 0.3) is 0 Å². The van der Waals surface area contributed by atoms with E-state index in [4.69, 9.17) is 0 Å². The lowest BCUT2D eigenvalue weighted by Crippen LogP contribution is -2.57. The Hall–Kier alpha value is -0.610. The first kappa shape index (κ1) is 21.6. The zero-order valence-electron chi connectivity index (χ0n) is 19.4. The normalized spacial score (nSPS) is 47.8. The SMILES string of the molecule is CC(=O)NC1CCC2(C)C(CCC3C2CCC2(CO)C3CCC2C(C)N(C)C)C1. The highest BCUT2D eigenvalue weighted by Gasteiger charge is 2.62. The van der Waals surface area contributed by atoms with E-state index in [2.05, 4.69) is 38.2 Å². The molecule has 0 radical (unpaired) electrons. The largest absolute Gasteiger partial charge is 0.396 e. The maximum Gasteiger partial charge on any atom is 0.217 e. The fourth-order valence-corrected chi connectivity index (χ4v) is 8.92. The number of hydrogen-bond donors (Lipinski definition) is 2. The van der Waals surface area contributed by atoms with Gasteiger partial charge in [0.15, 0.2) is 0 Å². The number of carbonyl (C=O) groups is 1. The van der Waals surface area contributed by atoms with Crippen LogP contribution >= 0.6 is 0 Å². The highest BCUT2D eigenvalue weighted by molar-refractivity contribution is 5.73. The molecule has 2 N–H and O–H groups in total. The van der Waals surface area contributed by atoms with E-state index in [-0.39, 0.29) is 11.3 Å². The third kappa shape index (κ3) is 3.37. The Morgan fingerprint density at radius 1 is 1.10 bits per heavy atom. The Balaban J connectivity index is 1.54. The van der Waals surface area contributed by atoms with E-state index in [0.29, 0.717) is 35.9 Å². The molecule has 0 aliphatic heterocycles. The lowest BCUT2D eigenvalue weighted by molar-refractivity contribution is -0.137. The summed E-state index contributed by atoms with van der Waals surface area (Å²) in [4.78, 5) is 13.9. The van der Waals surface area contributed by atoms with Crippen LogP contribution in [0.1, 0.15) is 78.6 Å². The quantitative estimate of drug-likeness (QED) is 0.742. The molecule has 0 aromatic rings. The maximum absolute atomic E-state index is 11.6. The highest BCUT2D eigenvalue weighted by Crippen LogP contribution is 2.67. The summed E-state index contributed by atoms with van der Waals surface area (Å²) in [6.45, 7) is 7.00. The van der Waals surface area contributed by atoms with Crippen LogP contribution < -0.4 is 5.32 Å². The topological polar surface area (TPSA) is 52.6 Å². The van der Waals surface area contributed by atoms with Gasteiger partial charge in [-0.25, -0.2) is 0 Å². The fourth-order valence-electron chi connectivity index (χ4n) is 8.92.